The molecule has 21 heavy (non-hydrogen) atoms. The van der Waals surface area contributed by atoms with Gasteiger partial charge in [0.25, 0.3) is 0 Å². The molecule has 0 aliphatic carbocycles. The van der Waals surface area contributed by atoms with Gasteiger partial charge in [-0.15, -0.1) is 0 Å². The van der Waals surface area contributed by atoms with Gasteiger partial charge in [-0.25, -0.2) is 8.78 Å². The van der Waals surface area contributed by atoms with E-state index >= 15 is 0 Å². The molecule has 0 amide bonds. The molecular formula is C16H15Cl2F2N. The molecule has 1 unspecified atom stereocenters. The van der Waals surface area contributed by atoms with Crippen LogP contribution in [0.15, 0.2) is 36.4 Å². The van der Waals surface area contributed by atoms with Crippen molar-refractivity contribution in [2.24, 2.45) is 0 Å². The Hall–Kier alpha value is -1.16. The summed E-state index contributed by atoms with van der Waals surface area (Å²) >= 11 is 11.8. The van der Waals surface area contributed by atoms with Gasteiger partial charge in [-0.1, -0.05) is 48.3 Å². The van der Waals surface area contributed by atoms with Crippen LogP contribution in [-0.4, -0.2) is 6.54 Å². The van der Waals surface area contributed by atoms with Crippen molar-refractivity contribution in [1.82, 2.24) is 5.32 Å². The summed E-state index contributed by atoms with van der Waals surface area (Å²) in [5.41, 5.74) is 1.53. The van der Waals surface area contributed by atoms with Crippen LogP contribution >= 0.6 is 23.2 Å². The first-order chi connectivity index (χ1) is 10.0. The first-order valence-corrected chi connectivity index (χ1v) is 7.39. The van der Waals surface area contributed by atoms with E-state index in [0.717, 1.165) is 5.56 Å². The van der Waals surface area contributed by atoms with E-state index in [9.17, 15) is 8.78 Å². The molecule has 1 atom stereocenters. The number of hydrogen-bond acceptors (Lipinski definition) is 1. The van der Waals surface area contributed by atoms with E-state index in [2.05, 4.69) is 5.32 Å². The average Bonchev–Trinajstić information content (AvgIpc) is 2.45. The molecule has 0 spiro atoms. The van der Waals surface area contributed by atoms with Gasteiger partial charge in [-0.3, -0.25) is 0 Å². The van der Waals surface area contributed by atoms with Crippen LogP contribution < -0.4 is 5.32 Å². The molecule has 0 saturated carbocycles. The summed E-state index contributed by atoms with van der Waals surface area (Å²) in [7, 11) is 0. The van der Waals surface area contributed by atoms with Crippen LogP contribution in [0.2, 0.25) is 10.0 Å². The van der Waals surface area contributed by atoms with Gasteiger partial charge in [0, 0.05) is 6.04 Å². The minimum Gasteiger partial charge on any atom is -0.310 e. The summed E-state index contributed by atoms with van der Waals surface area (Å²) in [5, 5.41) is 3.45. The van der Waals surface area contributed by atoms with Gasteiger partial charge in [0.2, 0.25) is 0 Å². The number of nitrogens with one attached hydrogen (secondary N) is 1. The van der Waals surface area contributed by atoms with Crippen LogP contribution in [0.25, 0.3) is 0 Å². The first-order valence-electron chi connectivity index (χ1n) is 6.64. The molecule has 5 heteroatoms. The lowest BCUT2D eigenvalue weighted by Crippen LogP contribution is -2.23. The lowest BCUT2D eigenvalue weighted by atomic mass is 9.98. The highest BCUT2D eigenvalue weighted by molar-refractivity contribution is 6.31. The minimum absolute atomic E-state index is 0.0769. The molecule has 0 heterocycles. The maximum absolute atomic E-state index is 13.6. The predicted molar refractivity (Wildman–Crippen MR) is 82.9 cm³/mol. The topological polar surface area (TPSA) is 12.0 Å². The molecule has 0 aliphatic rings. The molecule has 0 bridgehead atoms. The number of hydrogen-bond donors (Lipinski definition) is 1. The van der Waals surface area contributed by atoms with Crippen LogP contribution in [0.5, 0.6) is 0 Å². The lowest BCUT2D eigenvalue weighted by molar-refractivity contribution is 0.542. The van der Waals surface area contributed by atoms with Crippen LogP contribution in [0, 0.1) is 11.6 Å². The van der Waals surface area contributed by atoms with Crippen molar-refractivity contribution in [2.75, 3.05) is 6.54 Å². The zero-order valence-electron chi connectivity index (χ0n) is 11.5. The highest BCUT2D eigenvalue weighted by atomic mass is 35.5. The Morgan fingerprint density at radius 1 is 1.10 bits per heavy atom. The third-order valence-corrected chi connectivity index (χ3v) is 3.92. The van der Waals surface area contributed by atoms with Gasteiger partial charge in [0.1, 0.15) is 11.6 Å². The van der Waals surface area contributed by atoms with Gasteiger partial charge in [0.15, 0.2) is 0 Å². The Labute approximate surface area is 132 Å². The molecule has 2 rings (SSSR count). The summed E-state index contributed by atoms with van der Waals surface area (Å²) in [6, 6.07) is 9.13. The Balaban J connectivity index is 2.30. The summed E-state index contributed by atoms with van der Waals surface area (Å²) in [6.45, 7) is 2.66. The van der Waals surface area contributed by atoms with E-state index in [1.165, 1.54) is 12.1 Å². The molecule has 2 aromatic carbocycles. The molecule has 0 radical (unpaired) electrons. The second kappa shape index (κ2) is 7.21. The summed E-state index contributed by atoms with van der Waals surface area (Å²) in [5.74, 6) is -0.904. The molecule has 1 N–H and O–H groups in total. The van der Waals surface area contributed by atoms with Crippen LogP contribution in [-0.2, 0) is 6.42 Å². The van der Waals surface area contributed by atoms with Crippen molar-refractivity contribution in [3.05, 3.63) is 69.2 Å². The summed E-state index contributed by atoms with van der Waals surface area (Å²) in [4.78, 5) is 0. The summed E-state index contributed by atoms with van der Waals surface area (Å²) in [6.07, 6.45) is 0.539. The van der Waals surface area contributed by atoms with E-state index in [0.29, 0.717) is 18.5 Å². The quantitative estimate of drug-likeness (QED) is 0.798. The number of benzene rings is 2. The third kappa shape index (κ3) is 3.94. The minimum atomic E-state index is -0.454. The highest BCUT2D eigenvalue weighted by Crippen LogP contribution is 2.29. The Kier molecular flexibility index (Phi) is 5.57. The molecule has 0 fully saturated rings. The molecular weight excluding hydrogens is 315 g/mol. The molecule has 2 aromatic rings. The zero-order chi connectivity index (χ0) is 15.4. The van der Waals surface area contributed by atoms with Crippen molar-refractivity contribution < 1.29 is 8.78 Å². The highest BCUT2D eigenvalue weighted by Gasteiger charge is 2.17. The molecule has 0 aliphatic heterocycles. The average molecular weight is 330 g/mol. The van der Waals surface area contributed by atoms with Gasteiger partial charge in [0.05, 0.1) is 10.0 Å². The fraction of sp³-hybridized carbons (Fsp3) is 0.250. The Morgan fingerprint density at radius 3 is 2.52 bits per heavy atom. The Bertz CT molecular complexity index is 632. The SMILES string of the molecule is CCNC(Cc1ccc(F)c(Cl)c1)c1cccc(F)c1Cl. The second-order valence-electron chi connectivity index (χ2n) is 4.71. The Morgan fingerprint density at radius 2 is 1.86 bits per heavy atom. The lowest BCUT2D eigenvalue weighted by Gasteiger charge is -2.20. The van der Waals surface area contributed by atoms with Gasteiger partial charge in [-0.2, -0.15) is 0 Å². The monoisotopic (exact) mass is 329 g/mol. The number of rotatable bonds is 5. The maximum atomic E-state index is 13.6. The number of halogens is 4. The van der Waals surface area contributed by atoms with Gasteiger partial charge >= 0.3 is 0 Å². The molecule has 112 valence electrons. The van der Waals surface area contributed by atoms with E-state index in [1.54, 1.807) is 24.3 Å². The van der Waals surface area contributed by atoms with Crippen molar-refractivity contribution in [3.8, 4) is 0 Å². The van der Waals surface area contributed by atoms with Crippen molar-refractivity contribution in [2.45, 2.75) is 19.4 Å². The summed E-state index contributed by atoms with van der Waals surface area (Å²) < 4.78 is 26.8. The van der Waals surface area contributed by atoms with E-state index < -0.39 is 11.6 Å². The zero-order valence-corrected chi connectivity index (χ0v) is 13.0. The van der Waals surface area contributed by atoms with Crippen molar-refractivity contribution in [1.29, 1.82) is 0 Å². The predicted octanol–water partition coefficient (Wildman–Crippen LogP) is 5.16. The fourth-order valence-corrected chi connectivity index (χ4v) is 2.69. The molecule has 0 saturated heterocycles. The maximum Gasteiger partial charge on any atom is 0.142 e. The van der Waals surface area contributed by atoms with E-state index in [1.807, 2.05) is 6.92 Å². The number of likely N-dealkylation sites (N-methyl/N-ethyl adjacent to an activating group) is 1. The molecule has 0 aromatic heterocycles. The van der Waals surface area contributed by atoms with Crippen molar-refractivity contribution in [3.63, 3.8) is 0 Å². The van der Waals surface area contributed by atoms with E-state index in [-0.39, 0.29) is 16.1 Å². The normalized spacial score (nSPS) is 12.4. The largest absolute Gasteiger partial charge is 0.310 e. The second-order valence-corrected chi connectivity index (χ2v) is 5.49. The first kappa shape index (κ1) is 16.2. The van der Waals surface area contributed by atoms with Crippen LogP contribution in [0.1, 0.15) is 24.1 Å². The fourth-order valence-electron chi connectivity index (χ4n) is 2.23. The van der Waals surface area contributed by atoms with Gasteiger partial charge < -0.3 is 5.32 Å². The van der Waals surface area contributed by atoms with Crippen LogP contribution in [0.3, 0.4) is 0 Å². The van der Waals surface area contributed by atoms with Crippen molar-refractivity contribution >= 4 is 23.2 Å². The van der Waals surface area contributed by atoms with Gasteiger partial charge in [-0.05, 0) is 42.3 Å². The smallest absolute Gasteiger partial charge is 0.142 e. The van der Waals surface area contributed by atoms with E-state index in [4.69, 9.17) is 23.2 Å². The van der Waals surface area contributed by atoms with Crippen LogP contribution in [0.4, 0.5) is 8.78 Å². The third-order valence-electron chi connectivity index (χ3n) is 3.23. The standard InChI is InChI=1S/C16H15Cl2F2N/c1-2-21-15(11-4-3-5-14(20)16(11)18)9-10-6-7-13(19)12(17)8-10/h3-8,15,21H,2,9H2,1H3. The molecule has 1 nitrogen and oxygen atoms in total.